The Morgan fingerprint density at radius 3 is 0.736 bits per heavy atom. The molecule has 72 heavy (non-hydrogen) atoms. The molecule has 0 amide bonds. The number of rotatable bonds is 13. The Morgan fingerprint density at radius 1 is 0.278 bits per heavy atom. The van der Waals surface area contributed by atoms with Gasteiger partial charge in [0.15, 0.2) is 0 Å². The molecule has 0 N–H and O–H groups in total. The third-order valence-corrected chi connectivity index (χ3v) is 19.2. The highest BCUT2D eigenvalue weighted by Crippen LogP contribution is 2.43. The van der Waals surface area contributed by atoms with Gasteiger partial charge in [0, 0.05) is 0 Å². The van der Waals surface area contributed by atoms with Gasteiger partial charge in [0.2, 0.25) is 19.7 Å². The minimum atomic E-state index is -6.54. The van der Waals surface area contributed by atoms with E-state index in [1.807, 2.05) is 0 Å². The van der Waals surface area contributed by atoms with Gasteiger partial charge in [-0.1, -0.05) is 24.3 Å². The van der Waals surface area contributed by atoms with Crippen LogP contribution in [0.2, 0.25) is 0 Å². The van der Waals surface area contributed by atoms with E-state index in [4.69, 9.17) is 9.47 Å². The summed E-state index contributed by atoms with van der Waals surface area (Å²) in [6.45, 7) is 0. The molecule has 0 bridgehead atoms. The Labute approximate surface area is 398 Å². The van der Waals surface area contributed by atoms with Crippen LogP contribution in [0.15, 0.2) is 173 Å². The maximum absolute atomic E-state index is 13.5. The minimum absolute atomic E-state index is 0.141. The lowest BCUT2D eigenvalue weighted by Gasteiger charge is -2.16. The molecule has 0 heterocycles. The molecule has 32 heteroatoms. The fourth-order valence-corrected chi connectivity index (χ4v) is 12.0. The summed E-state index contributed by atoms with van der Waals surface area (Å²) >= 11 is 0. The van der Waals surface area contributed by atoms with Crippen molar-refractivity contribution in [2.24, 2.45) is 0 Å². The summed E-state index contributed by atoms with van der Waals surface area (Å²) < 4.78 is 320. The third-order valence-electron chi connectivity index (χ3n) is 9.64. The zero-order valence-electron chi connectivity index (χ0n) is 34.4. The summed E-state index contributed by atoms with van der Waals surface area (Å²) in [4.78, 5) is -9.36. The third kappa shape index (κ3) is 10.4. The highest BCUT2D eigenvalue weighted by atomic mass is 32.2. The highest BCUT2D eigenvalue weighted by molar-refractivity contribution is 7.94. The molecule has 0 aliphatic carbocycles. The van der Waals surface area contributed by atoms with Crippen LogP contribution in [0.5, 0.6) is 23.0 Å². The summed E-state index contributed by atoms with van der Waals surface area (Å²) in [6.07, 6.45) is 0. The van der Waals surface area contributed by atoms with Crippen molar-refractivity contribution in [3.8, 4) is 34.1 Å². The largest absolute Gasteiger partial charge is 0.502 e. The van der Waals surface area contributed by atoms with Gasteiger partial charge in [-0.3, -0.25) is 0 Å². The second-order valence-corrected chi connectivity index (χ2v) is 25.8. The smallest absolute Gasteiger partial charge is 0.456 e. The Balaban J connectivity index is 1.18. The minimum Gasteiger partial charge on any atom is -0.456 e. The first-order chi connectivity index (χ1) is 32.7. The number of halogens is 12. The molecule has 0 spiro atoms. The predicted octanol–water partition coefficient (Wildman–Crippen LogP) is 9.78. The van der Waals surface area contributed by atoms with Gasteiger partial charge in [-0.2, -0.15) is 52.7 Å². The molecule has 6 rings (SSSR count). The van der Waals surface area contributed by atoms with Gasteiger partial charge in [-0.15, -0.1) is 0 Å². The fraction of sp³-hybridized carbons (Fsp3) is 0.100. The van der Waals surface area contributed by atoms with Crippen molar-refractivity contribution in [2.45, 2.75) is 61.2 Å². The molecule has 6 aromatic rings. The molecule has 0 radical (unpaired) electrons. The molecule has 0 atom stereocenters. The van der Waals surface area contributed by atoms with E-state index in [0.29, 0.717) is 11.1 Å². The van der Waals surface area contributed by atoms with Crippen molar-refractivity contribution in [1.29, 1.82) is 0 Å². The van der Waals surface area contributed by atoms with Crippen LogP contribution >= 0.6 is 0 Å². The van der Waals surface area contributed by atoms with Gasteiger partial charge in [0.1, 0.15) is 32.8 Å². The Kier molecular flexibility index (Phi) is 14.1. The van der Waals surface area contributed by atoms with Gasteiger partial charge in [-0.25, -0.2) is 50.5 Å². The van der Waals surface area contributed by atoms with Gasteiger partial charge >= 0.3 is 22.0 Å². The average Bonchev–Trinajstić information content (AvgIpc) is 3.28. The van der Waals surface area contributed by atoms with E-state index in [1.165, 1.54) is 24.3 Å². The van der Waals surface area contributed by atoms with Gasteiger partial charge < -0.3 is 9.47 Å². The summed E-state index contributed by atoms with van der Waals surface area (Å²) in [6, 6.07) is 16.4. The van der Waals surface area contributed by atoms with E-state index in [2.05, 4.69) is 0 Å². The van der Waals surface area contributed by atoms with Crippen molar-refractivity contribution in [3.05, 3.63) is 133 Å². The number of benzene rings is 6. The maximum atomic E-state index is 13.5. The van der Waals surface area contributed by atoms with Crippen LogP contribution in [-0.4, -0.2) is 72.5 Å². The van der Waals surface area contributed by atoms with Crippen LogP contribution in [0, 0.1) is 0 Å². The van der Waals surface area contributed by atoms with Crippen LogP contribution in [-0.2, 0) is 59.0 Å². The van der Waals surface area contributed by atoms with E-state index >= 15 is 0 Å². The van der Waals surface area contributed by atoms with Crippen molar-refractivity contribution in [3.63, 3.8) is 0 Å². The van der Waals surface area contributed by atoms with Crippen LogP contribution in [0.4, 0.5) is 52.7 Å². The zero-order valence-corrected chi connectivity index (χ0v) is 39.3. The lowest BCUT2D eigenvalue weighted by Crippen LogP contribution is -2.26. The maximum Gasteiger partial charge on any atom is 0.502 e. The van der Waals surface area contributed by atoms with Gasteiger partial charge in [-0.05, 0) is 120 Å². The summed E-state index contributed by atoms with van der Waals surface area (Å²) in [7, 11) is -34.6. The second-order valence-electron chi connectivity index (χ2n) is 14.2. The monoisotopic (exact) mass is 1150 g/mol. The van der Waals surface area contributed by atoms with Crippen molar-refractivity contribution >= 4 is 59.0 Å². The van der Waals surface area contributed by atoms with E-state index < -0.39 is 146 Å². The molecule has 386 valence electrons. The first kappa shape index (κ1) is 55.1. The molecule has 14 nitrogen and oxygen atoms in total. The average molecular weight is 1150 g/mol. The molecule has 0 fully saturated rings. The molecular formula is C40H22F12O14S6. The topological polar surface area (TPSA) is 223 Å². The van der Waals surface area contributed by atoms with Crippen LogP contribution in [0.1, 0.15) is 0 Å². The predicted molar refractivity (Wildman–Crippen MR) is 222 cm³/mol. The number of ether oxygens (including phenoxy) is 2. The Morgan fingerprint density at radius 2 is 0.500 bits per heavy atom. The lowest BCUT2D eigenvalue weighted by molar-refractivity contribution is -0.0446. The second kappa shape index (κ2) is 18.4. The molecule has 0 unspecified atom stereocenters. The zero-order chi connectivity index (χ0) is 54.1. The Bertz CT molecular complexity index is 3530. The lowest BCUT2D eigenvalue weighted by atomic mass is 10.1. The molecular weight excluding hydrogens is 1120 g/mol. The number of hydrogen-bond acceptors (Lipinski definition) is 14. The molecule has 0 aliphatic rings. The molecule has 0 aromatic heterocycles. The first-order valence-corrected chi connectivity index (χ1v) is 27.4. The summed E-state index contributed by atoms with van der Waals surface area (Å²) in [5.74, 6) is -3.65. The van der Waals surface area contributed by atoms with E-state index in [1.54, 1.807) is 0 Å². The highest BCUT2D eigenvalue weighted by Gasteiger charge is 2.53. The van der Waals surface area contributed by atoms with Crippen LogP contribution in [0.3, 0.4) is 0 Å². The normalized spacial score (nSPS) is 13.7. The van der Waals surface area contributed by atoms with Crippen LogP contribution in [0.25, 0.3) is 11.1 Å². The number of alkyl halides is 12. The van der Waals surface area contributed by atoms with Crippen molar-refractivity contribution in [1.82, 2.24) is 0 Å². The molecule has 0 saturated carbocycles. The summed E-state index contributed by atoms with van der Waals surface area (Å²) in [5, 5.41) is 0. The van der Waals surface area contributed by atoms with Crippen LogP contribution < -0.4 is 9.47 Å². The quantitative estimate of drug-likeness (QED) is 0.0982. The number of sulfone groups is 6. The van der Waals surface area contributed by atoms with E-state index in [9.17, 15) is 103 Å². The molecule has 0 saturated heterocycles. The fourth-order valence-electron chi connectivity index (χ4n) is 5.97. The molecule has 6 aromatic carbocycles. The molecule has 0 aliphatic heterocycles. The first-order valence-electron chi connectivity index (χ1n) is 18.5. The van der Waals surface area contributed by atoms with Crippen molar-refractivity contribution in [2.75, 3.05) is 0 Å². The number of hydrogen-bond donors (Lipinski definition) is 0. The van der Waals surface area contributed by atoms with Gasteiger partial charge in [0.25, 0.3) is 39.3 Å². The van der Waals surface area contributed by atoms with Crippen molar-refractivity contribution < 1.29 is 113 Å². The Hall–Kier alpha value is -6.22. The van der Waals surface area contributed by atoms with Gasteiger partial charge in [0.05, 0.1) is 29.4 Å². The van der Waals surface area contributed by atoms with E-state index in [0.717, 1.165) is 72.8 Å². The standard InChI is InChI=1S/C40H22F12O14S6/c41-37(42,43)69(57,58)31-17-19-33(35(21-31)71(61,62)39(47,48)49)65-25-5-13-29(14-6-25)67(53,54)27-9-1-23(2-10-27)24-3-11-28(12-4-24)68(55,56)30-15-7-26(8-16-30)66-34-20-18-32(70(59,60)38(44,45)46)22-36(34)72(63,64)40(50,51)52/h1-22H. The summed E-state index contributed by atoms with van der Waals surface area (Å²) in [5.41, 5.74) is -23.7. The SMILES string of the molecule is O=S(=O)(c1ccc(Oc2ccc(S(=O)(=O)C(F)(F)F)cc2S(=O)(=O)C(F)(F)F)cc1)c1ccc(-c2ccc(S(=O)(=O)c3ccc(Oc4ccc(S(=O)(=O)C(F)(F)F)cc4S(=O)(=O)C(F)(F)F)cc3)cc2)cc1. The van der Waals surface area contributed by atoms with E-state index in [-0.39, 0.29) is 34.1 Å².